The molecule has 0 aliphatic carbocycles. The van der Waals surface area contributed by atoms with Crippen molar-refractivity contribution in [2.45, 2.75) is 18.7 Å². The van der Waals surface area contributed by atoms with E-state index in [2.05, 4.69) is 9.93 Å². The highest BCUT2D eigenvalue weighted by Gasteiger charge is 2.12. The molecule has 0 aromatic heterocycles. The summed E-state index contributed by atoms with van der Waals surface area (Å²) in [5.74, 6) is 0. The van der Waals surface area contributed by atoms with E-state index in [-0.39, 0.29) is 4.90 Å². The molecule has 0 aliphatic rings. The summed E-state index contributed by atoms with van der Waals surface area (Å²) in [5.41, 5.74) is 8.61. The Morgan fingerprint density at radius 2 is 1.62 bits per heavy atom. The molecule has 0 amide bonds. The van der Waals surface area contributed by atoms with Crippen molar-refractivity contribution < 1.29 is 8.42 Å². The first kappa shape index (κ1) is 15.1. The quantitative estimate of drug-likeness (QED) is 0.516. The van der Waals surface area contributed by atoms with Gasteiger partial charge in [-0.1, -0.05) is 29.8 Å². The summed E-state index contributed by atoms with van der Waals surface area (Å²) >= 11 is 0. The Kier molecular flexibility index (Phi) is 4.28. The van der Waals surface area contributed by atoms with E-state index in [0.29, 0.717) is 11.4 Å². The van der Waals surface area contributed by atoms with Crippen molar-refractivity contribution in [3.8, 4) is 0 Å². The number of nitrogen functional groups attached to an aromatic ring is 1. The molecule has 2 rings (SSSR count). The summed E-state index contributed by atoms with van der Waals surface area (Å²) in [4.78, 5) is 2.42. The number of sulfonamides is 1. The van der Waals surface area contributed by atoms with E-state index >= 15 is 0 Å². The largest absolute Gasteiger partial charge is 0.399 e. The second-order valence-electron chi connectivity index (χ2n) is 4.73. The van der Waals surface area contributed by atoms with Crippen molar-refractivity contribution in [3.63, 3.8) is 0 Å². The number of nitrogens with two attached hydrogens (primary N) is 1. The monoisotopic (exact) mass is 303 g/mol. The minimum Gasteiger partial charge on any atom is -0.399 e. The van der Waals surface area contributed by atoms with Crippen LogP contribution in [0.4, 0.5) is 5.69 Å². The van der Waals surface area contributed by atoms with Gasteiger partial charge in [-0.15, -0.1) is 0 Å². The van der Waals surface area contributed by atoms with Gasteiger partial charge in [0.25, 0.3) is 10.0 Å². The van der Waals surface area contributed by atoms with E-state index in [9.17, 15) is 8.42 Å². The Morgan fingerprint density at radius 1 is 1.05 bits per heavy atom. The molecule has 0 saturated heterocycles. The molecule has 0 bridgehead atoms. The number of benzene rings is 2. The highest BCUT2D eigenvalue weighted by Crippen LogP contribution is 2.10. The molecule has 0 atom stereocenters. The van der Waals surface area contributed by atoms with Crippen molar-refractivity contribution >= 4 is 21.4 Å². The van der Waals surface area contributed by atoms with Crippen LogP contribution in [0.15, 0.2) is 58.5 Å². The average Bonchev–Trinajstić information content (AvgIpc) is 2.46. The van der Waals surface area contributed by atoms with E-state index in [1.165, 1.54) is 0 Å². The third-order valence-electron chi connectivity index (χ3n) is 2.99. The Balaban J connectivity index is 2.18. The Bertz CT molecular complexity index is 749. The van der Waals surface area contributed by atoms with Crippen LogP contribution in [0.25, 0.3) is 0 Å². The molecule has 0 unspecified atom stereocenters. The van der Waals surface area contributed by atoms with Crippen LogP contribution in [0.5, 0.6) is 0 Å². The van der Waals surface area contributed by atoms with Crippen LogP contribution in [0.3, 0.4) is 0 Å². The van der Waals surface area contributed by atoms with Gasteiger partial charge in [0.1, 0.15) is 0 Å². The number of hydrogen-bond donors (Lipinski definition) is 2. The molecule has 0 radical (unpaired) electrons. The van der Waals surface area contributed by atoms with E-state index in [1.807, 2.05) is 6.92 Å². The van der Waals surface area contributed by atoms with Gasteiger partial charge in [-0.05, 0) is 43.7 Å². The first-order chi connectivity index (χ1) is 9.88. The fourth-order valence-corrected chi connectivity index (χ4v) is 2.54. The van der Waals surface area contributed by atoms with Crippen molar-refractivity contribution in [2.24, 2.45) is 5.10 Å². The molecule has 0 heterocycles. The topological polar surface area (TPSA) is 84.5 Å². The molecule has 2 aromatic rings. The van der Waals surface area contributed by atoms with Gasteiger partial charge >= 0.3 is 0 Å². The summed E-state index contributed by atoms with van der Waals surface area (Å²) in [6.45, 7) is 3.62. The predicted molar refractivity (Wildman–Crippen MR) is 84.6 cm³/mol. The van der Waals surface area contributed by atoms with Gasteiger partial charge in [0.05, 0.1) is 10.6 Å². The molecule has 2 aromatic carbocycles. The van der Waals surface area contributed by atoms with Gasteiger partial charge in [-0.25, -0.2) is 0 Å². The number of nitrogens with one attached hydrogen (secondary N) is 1. The molecule has 0 aliphatic heterocycles. The summed E-state index contributed by atoms with van der Waals surface area (Å²) in [5, 5.41) is 3.93. The fourth-order valence-electron chi connectivity index (χ4n) is 1.69. The maximum atomic E-state index is 12.1. The maximum absolute atomic E-state index is 12.1. The van der Waals surface area contributed by atoms with Crippen molar-refractivity contribution in [3.05, 3.63) is 59.7 Å². The lowest BCUT2D eigenvalue weighted by molar-refractivity contribution is 0.584. The summed E-state index contributed by atoms with van der Waals surface area (Å²) in [6, 6.07) is 13.6. The van der Waals surface area contributed by atoms with E-state index in [4.69, 9.17) is 5.73 Å². The summed E-state index contributed by atoms with van der Waals surface area (Å²) in [7, 11) is -3.65. The predicted octanol–water partition coefficient (Wildman–Crippen LogP) is 2.28. The first-order valence-corrected chi connectivity index (χ1v) is 7.85. The van der Waals surface area contributed by atoms with E-state index in [0.717, 1.165) is 11.1 Å². The zero-order chi connectivity index (χ0) is 15.5. The fraction of sp³-hybridized carbons (Fsp3) is 0.133. The van der Waals surface area contributed by atoms with Crippen LogP contribution in [-0.4, -0.2) is 14.1 Å². The Hall–Kier alpha value is -2.34. The van der Waals surface area contributed by atoms with Crippen LogP contribution < -0.4 is 10.6 Å². The van der Waals surface area contributed by atoms with Gasteiger partial charge in [0, 0.05) is 5.69 Å². The highest BCUT2D eigenvalue weighted by atomic mass is 32.2. The lowest BCUT2D eigenvalue weighted by Crippen LogP contribution is -2.19. The van der Waals surface area contributed by atoms with Gasteiger partial charge < -0.3 is 5.73 Å². The second kappa shape index (κ2) is 5.97. The van der Waals surface area contributed by atoms with Crippen LogP contribution in [-0.2, 0) is 10.0 Å². The highest BCUT2D eigenvalue weighted by molar-refractivity contribution is 7.89. The smallest absolute Gasteiger partial charge is 0.276 e. The van der Waals surface area contributed by atoms with Crippen LogP contribution >= 0.6 is 0 Å². The average molecular weight is 303 g/mol. The van der Waals surface area contributed by atoms with Gasteiger partial charge in [0.15, 0.2) is 0 Å². The lowest BCUT2D eigenvalue weighted by atomic mass is 10.1. The molecule has 3 N–H and O–H groups in total. The Labute approximate surface area is 124 Å². The lowest BCUT2D eigenvalue weighted by Gasteiger charge is -2.06. The number of hydrazone groups is 1. The molecular formula is C15H17N3O2S. The molecule has 110 valence electrons. The van der Waals surface area contributed by atoms with Crippen molar-refractivity contribution in [1.29, 1.82) is 0 Å². The third-order valence-corrected chi connectivity index (χ3v) is 4.22. The standard InChI is InChI=1S/C15H17N3O2S/c1-11-3-9-15(10-4-11)21(19,20)18-17-12(2)13-5-7-14(16)8-6-13/h3-10,18H,16H2,1-2H3. The third kappa shape index (κ3) is 3.82. The Morgan fingerprint density at radius 3 is 2.19 bits per heavy atom. The maximum Gasteiger partial charge on any atom is 0.276 e. The van der Waals surface area contributed by atoms with Gasteiger partial charge in [-0.3, -0.25) is 0 Å². The zero-order valence-electron chi connectivity index (χ0n) is 11.9. The second-order valence-corrected chi connectivity index (χ2v) is 6.39. The van der Waals surface area contributed by atoms with Gasteiger partial charge in [0.2, 0.25) is 0 Å². The van der Waals surface area contributed by atoms with E-state index in [1.54, 1.807) is 55.5 Å². The number of nitrogens with zero attached hydrogens (tertiary/aromatic N) is 1. The summed E-state index contributed by atoms with van der Waals surface area (Å²) < 4.78 is 24.2. The van der Waals surface area contributed by atoms with Gasteiger partial charge in [-0.2, -0.15) is 18.4 Å². The van der Waals surface area contributed by atoms with Crippen LogP contribution in [0.1, 0.15) is 18.1 Å². The first-order valence-electron chi connectivity index (χ1n) is 6.37. The zero-order valence-corrected chi connectivity index (χ0v) is 12.7. The number of hydrogen-bond acceptors (Lipinski definition) is 4. The normalized spacial score (nSPS) is 12.2. The number of aryl methyl sites for hydroxylation is 1. The van der Waals surface area contributed by atoms with Crippen LogP contribution in [0.2, 0.25) is 0 Å². The molecule has 0 saturated carbocycles. The molecular weight excluding hydrogens is 286 g/mol. The molecule has 5 nitrogen and oxygen atoms in total. The minimum absolute atomic E-state index is 0.182. The van der Waals surface area contributed by atoms with Crippen molar-refractivity contribution in [1.82, 2.24) is 4.83 Å². The molecule has 21 heavy (non-hydrogen) atoms. The molecule has 0 spiro atoms. The molecule has 6 heteroatoms. The number of rotatable bonds is 4. The van der Waals surface area contributed by atoms with E-state index < -0.39 is 10.0 Å². The van der Waals surface area contributed by atoms with Crippen LogP contribution in [0, 0.1) is 6.92 Å². The SMILES string of the molecule is CC(=NNS(=O)(=O)c1ccc(C)cc1)c1ccc(N)cc1. The number of anilines is 1. The van der Waals surface area contributed by atoms with Crippen molar-refractivity contribution in [2.75, 3.05) is 5.73 Å². The minimum atomic E-state index is -3.65. The molecule has 0 fully saturated rings. The summed E-state index contributed by atoms with van der Waals surface area (Å²) in [6.07, 6.45) is 0.